The van der Waals surface area contributed by atoms with E-state index in [1.165, 1.54) is 21.9 Å². The van der Waals surface area contributed by atoms with Crippen LogP contribution in [-0.4, -0.2) is 43.0 Å². The summed E-state index contributed by atoms with van der Waals surface area (Å²) in [6.07, 6.45) is 0. The van der Waals surface area contributed by atoms with Gasteiger partial charge in [0.15, 0.2) is 0 Å². The highest BCUT2D eigenvalue weighted by Gasteiger charge is 2.13. The summed E-state index contributed by atoms with van der Waals surface area (Å²) < 4.78 is 5.99. The topological polar surface area (TPSA) is 15.7 Å². The molecular weight excluding hydrogens is 320 g/mol. The summed E-state index contributed by atoms with van der Waals surface area (Å²) in [6, 6.07) is 23.5. The summed E-state index contributed by atoms with van der Waals surface area (Å²) in [4.78, 5) is 4.93. The lowest BCUT2D eigenvalue weighted by Gasteiger charge is -2.32. The van der Waals surface area contributed by atoms with E-state index in [1.807, 2.05) is 18.2 Å². The van der Waals surface area contributed by atoms with Crippen LogP contribution in [0.5, 0.6) is 5.75 Å². The third kappa shape index (κ3) is 4.24. The Morgan fingerprint density at radius 3 is 2.35 bits per heavy atom. The fourth-order valence-electron chi connectivity index (χ4n) is 3.47. The Hall–Kier alpha value is -2.36. The lowest BCUT2D eigenvalue weighted by molar-refractivity contribution is 0.148. The largest absolute Gasteiger partial charge is 0.489 e. The number of nitrogens with zero attached hydrogens (tertiary/aromatic N) is 2. The van der Waals surface area contributed by atoms with Gasteiger partial charge in [-0.25, -0.2) is 0 Å². The van der Waals surface area contributed by atoms with E-state index in [0.29, 0.717) is 6.61 Å². The van der Waals surface area contributed by atoms with Crippen LogP contribution in [0, 0.1) is 0 Å². The molecule has 0 radical (unpaired) electrons. The van der Waals surface area contributed by atoms with Gasteiger partial charge in [-0.15, -0.1) is 0 Å². The first-order chi connectivity index (χ1) is 12.8. The molecule has 3 nitrogen and oxygen atoms in total. The number of ether oxygens (including phenoxy) is 1. The smallest absolute Gasteiger partial charge is 0.120 e. The quantitative estimate of drug-likeness (QED) is 0.690. The first-order valence-corrected chi connectivity index (χ1v) is 9.37. The van der Waals surface area contributed by atoms with Crippen LogP contribution in [0.4, 0.5) is 0 Å². The molecule has 0 saturated carbocycles. The lowest BCUT2D eigenvalue weighted by atomic mass is 10.1. The number of benzene rings is 3. The van der Waals surface area contributed by atoms with Crippen LogP contribution >= 0.6 is 0 Å². The predicted molar refractivity (Wildman–Crippen MR) is 107 cm³/mol. The fraction of sp³-hybridized carbons (Fsp3) is 0.304. The fourth-order valence-corrected chi connectivity index (χ4v) is 3.47. The van der Waals surface area contributed by atoms with Gasteiger partial charge >= 0.3 is 0 Å². The molecule has 26 heavy (non-hydrogen) atoms. The first kappa shape index (κ1) is 17.1. The van der Waals surface area contributed by atoms with E-state index in [9.17, 15) is 0 Å². The molecule has 3 aromatic carbocycles. The van der Waals surface area contributed by atoms with Crippen LogP contribution in [0.2, 0.25) is 0 Å². The second-order valence-corrected chi connectivity index (χ2v) is 7.20. The van der Waals surface area contributed by atoms with E-state index in [-0.39, 0.29) is 0 Å². The molecule has 0 amide bonds. The Balaban J connectivity index is 1.46. The van der Waals surface area contributed by atoms with Crippen molar-refractivity contribution in [1.82, 2.24) is 9.80 Å². The van der Waals surface area contributed by atoms with E-state index >= 15 is 0 Å². The summed E-state index contributed by atoms with van der Waals surface area (Å²) in [7, 11) is 2.20. The number of hydrogen-bond acceptors (Lipinski definition) is 3. The van der Waals surface area contributed by atoms with E-state index in [1.54, 1.807) is 0 Å². The van der Waals surface area contributed by atoms with Crippen LogP contribution < -0.4 is 4.74 Å². The zero-order valence-corrected chi connectivity index (χ0v) is 15.4. The molecule has 3 aromatic rings. The average Bonchev–Trinajstić information content (AvgIpc) is 2.69. The molecule has 1 aliphatic rings. The molecule has 0 unspecified atom stereocenters. The number of fused-ring (bicyclic) bond motifs is 1. The molecule has 1 fully saturated rings. The molecule has 1 heterocycles. The van der Waals surface area contributed by atoms with Crippen molar-refractivity contribution in [1.29, 1.82) is 0 Å². The Bertz CT molecular complexity index is 854. The standard InChI is InChI=1S/C23H26N2O/c1-24-11-13-25(14-12-24)17-20-7-8-21-9-10-23(16-22(21)15-20)26-18-19-5-3-2-4-6-19/h2-10,15-16H,11-14,17-18H2,1H3. The van der Waals surface area contributed by atoms with Crippen molar-refractivity contribution in [3.05, 3.63) is 77.9 Å². The van der Waals surface area contributed by atoms with Gasteiger partial charge in [-0.3, -0.25) is 4.90 Å². The van der Waals surface area contributed by atoms with Gasteiger partial charge in [0.05, 0.1) is 0 Å². The van der Waals surface area contributed by atoms with Crippen molar-refractivity contribution in [3.63, 3.8) is 0 Å². The van der Waals surface area contributed by atoms with Crippen molar-refractivity contribution in [2.24, 2.45) is 0 Å². The lowest BCUT2D eigenvalue weighted by Crippen LogP contribution is -2.43. The molecule has 0 aliphatic carbocycles. The van der Waals surface area contributed by atoms with Gasteiger partial charge in [0.2, 0.25) is 0 Å². The van der Waals surface area contributed by atoms with Crippen molar-refractivity contribution in [2.45, 2.75) is 13.2 Å². The molecular formula is C23H26N2O. The Kier molecular flexibility index (Phi) is 5.19. The SMILES string of the molecule is CN1CCN(Cc2ccc3ccc(OCc4ccccc4)cc3c2)CC1. The minimum absolute atomic E-state index is 0.604. The molecule has 4 rings (SSSR count). The van der Waals surface area contributed by atoms with Gasteiger partial charge in [-0.1, -0.05) is 48.5 Å². The number of likely N-dealkylation sites (N-methyl/N-ethyl adjacent to an activating group) is 1. The van der Waals surface area contributed by atoms with Crippen molar-refractivity contribution in [2.75, 3.05) is 33.2 Å². The molecule has 0 atom stereocenters. The van der Waals surface area contributed by atoms with Gasteiger partial charge in [0.1, 0.15) is 12.4 Å². The minimum Gasteiger partial charge on any atom is -0.489 e. The van der Waals surface area contributed by atoms with Crippen LogP contribution in [0.1, 0.15) is 11.1 Å². The third-order valence-corrected chi connectivity index (χ3v) is 5.13. The zero-order chi connectivity index (χ0) is 17.8. The molecule has 3 heteroatoms. The summed E-state index contributed by atoms with van der Waals surface area (Å²) in [5.41, 5.74) is 2.57. The Morgan fingerprint density at radius 2 is 1.54 bits per heavy atom. The zero-order valence-electron chi connectivity index (χ0n) is 15.4. The van der Waals surface area contributed by atoms with Crippen LogP contribution in [0.25, 0.3) is 10.8 Å². The van der Waals surface area contributed by atoms with Crippen molar-refractivity contribution in [3.8, 4) is 5.75 Å². The van der Waals surface area contributed by atoms with E-state index in [2.05, 4.69) is 65.4 Å². The number of rotatable bonds is 5. The summed E-state index contributed by atoms with van der Waals surface area (Å²) in [5.74, 6) is 0.929. The second kappa shape index (κ2) is 7.90. The minimum atomic E-state index is 0.604. The highest BCUT2D eigenvalue weighted by atomic mass is 16.5. The van der Waals surface area contributed by atoms with E-state index < -0.39 is 0 Å². The number of hydrogen-bond donors (Lipinski definition) is 0. The van der Waals surface area contributed by atoms with Gasteiger partial charge in [0, 0.05) is 32.7 Å². The van der Waals surface area contributed by atoms with Crippen molar-refractivity contribution < 1.29 is 4.74 Å². The normalized spacial score (nSPS) is 16.0. The second-order valence-electron chi connectivity index (χ2n) is 7.20. The highest BCUT2D eigenvalue weighted by molar-refractivity contribution is 5.84. The number of piperazine rings is 1. The Morgan fingerprint density at radius 1 is 0.769 bits per heavy atom. The van der Waals surface area contributed by atoms with Gasteiger partial charge in [0.25, 0.3) is 0 Å². The van der Waals surface area contributed by atoms with E-state index in [0.717, 1.165) is 38.5 Å². The summed E-state index contributed by atoms with van der Waals surface area (Å²) in [5, 5.41) is 2.52. The van der Waals surface area contributed by atoms with Crippen LogP contribution in [0.15, 0.2) is 66.7 Å². The van der Waals surface area contributed by atoms with Gasteiger partial charge in [-0.05, 0) is 47.1 Å². The van der Waals surface area contributed by atoms with Gasteiger partial charge < -0.3 is 9.64 Å². The summed E-state index contributed by atoms with van der Waals surface area (Å²) in [6.45, 7) is 6.24. The van der Waals surface area contributed by atoms with Crippen molar-refractivity contribution >= 4 is 10.8 Å². The van der Waals surface area contributed by atoms with Crippen LogP contribution in [0.3, 0.4) is 0 Å². The monoisotopic (exact) mass is 346 g/mol. The Labute approximate surface area is 155 Å². The molecule has 134 valence electrons. The maximum atomic E-state index is 5.99. The maximum Gasteiger partial charge on any atom is 0.120 e. The molecule has 1 saturated heterocycles. The molecule has 0 spiro atoms. The maximum absolute atomic E-state index is 5.99. The van der Waals surface area contributed by atoms with E-state index in [4.69, 9.17) is 4.74 Å². The molecule has 0 N–H and O–H groups in total. The summed E-state index contributed by atoms with van der Waals surface area (Å²) >= 11 is 0. The predicted octanol–water partition coefficient (Wildman–Crippen LogP) is 4.17. The molecule has 0 aromatic heterocycles. The highest BCUT2D eigenvalue weighted by Crippen LogP contribution is 2.23. The molecule has 0 bridgehead atoms. The van der Waals surface area contributed by atoms with Gasteiger partial charge in [-0.2, -0.15) is 0 Å². The first-order valence-electron chi connectivity index (χ1n) is 9.37. The molecule has 1 aliphatic heterocycles. The third-order valence-electron chi connectivity index (χ3n) is 5.13. The van der Waals surface area contributed by atoms with Crippen LogP contribution in [-0.2, 0) is 13.2 Å². The average molecular weight is 346 g/mol.